The molecule has 3 rings (SSSR count). The van der Waals surface area contributed by atoms with Crippen molar-refractivity contribution in [3.63, 3.8) is 0 Å². The summed E-state index contributed by atoms with van der Waals surface area (Å²) in [6.45, 7) is 3.38. The van der Waals surface area contributed by atoms with Crippen molar-refractivity contribution in [2.24, 2.45) is 0 Å². The lowest BCUT2D eigenvalue weighted by Crippen LogP contribution is -2.00. The fourth-order valence-corrected chi connectivity index (χ4v) is 2.56. The van der Waals surface area contributed by atoms with Crippen molar-refractivity contribution in [2.75, 3.05) is 18.7 Å². The minimum absolute atomic E-state index is 0.0253. The molecule has 0 bridgehead atoms. The van der Waals surface area contributed by atoms with Crippen LogP contribution < -0.4 is 14.8 Å². The van der Waals surface area contributed by atoms with E-state index in [-0.39, 0.29) is 13.4 Å². The summed E-state index contributed by atoms with van der Waals surface area (Å²) in [4.78, 5) is 0. The zero-order valence-electron chi connectivity index (χ0n) is 12.8. The van der Waals surface area contributed by atoms with Crippen molar-refractivity contribution in [1.29, 1.82) is 0 Å². The molecular weight excluding hydrogens is 278 g/mol. The number of aliphatic hydroxyl groups excluding tert-OH is 1. The van der Waals surface area contributed by atoms with Crippen LogP contribution in [0.3, 0.4) is 0 Å². The Labute approximate surface area is 130 Å². The molecule has 0 saturated heterocycles. The first kappa shape index (κ1) is 14.7. The Balaban J connectivity index is 1.84. The van der Waals surface area contributed by atoms with Crippen molar-refractivity contribution >= 4 is 5.69 Å². The largest absolute Gasteiger partial charge is 0.454 e. The molecule has 116 valence electrons. The number of rotatable bonds is 6. The Kier molecular flexibility index (Phi) is 4.49. The summed E-state index contributed by atoms with van der Waals surface area (Å²) in [6, 6.07) is 12.0. The number of benzene rings is 2. The van der Waals surface area contributed by atoms with Crippen LogP contribution in [0.25, 0.3) is 11.1 Å². The summed E-state index contributed by atoms with van der Waals surface area (Å²) >= 11 is 0. The second kappa shape index (κ2) is 6.71. The standard InChI is InChI=1S/C18H21NO3/c1-2-3-8-19-15-6-4-13(5-7-15)16-10-18-17(21-12-22-18)9-14(16)11-20/h4-7,9-10,19-20H,2-3,8,11-12H2,1H3. The summed E-state index contributed by atoms with van der Waals surface area (Å²) in [6.07, 6.45) is 2.35. The highest BCUT2D eigenvalue weighted by atomic mass is 16.7. The van der Waals surface area contributed by atoms with Gasteiger partial charge in [-0.05, 0) is 47.4 Å². The van der Waals surface area contributed by atoms with Gasteiger partial charge in [0.2, 0.25) is 6.79 Å². The SMILES string of the molecule is CCCCNc1ccc(-c2cc3c(cc2CO)OCO3)cc1. The lowest BCUT2D eigenvalue weighted by Gasteiger charge is -2.11. The van der Waals surface area contributed by atoms with E-state index in [4.69, 9.17) is 9.47 Å². The highest BCUT2D eigenvalue weighted by Crippen LogP contribution is 2.39. The van der Waals surface area contributed by atoms with E-state index in [1.807, 2.05) is 12.1 Å². The number of anilines is 1. The van der Waals surface area contributed by atoms with E-state index in [1.165, 1.54) is 12.8 Å². The van der Waals surface area contributed by atoms with Gasteiger partial charge in [0.15, 0.2) is 11.5 Å². The molecule has 0 atom stereocenters. The van der Waals surface area contributed by atoms with Crippen LogP contribution in [0.15, 0.2) is 36.4 Å². The van der Waals surface area contributed by atoms with Crippen LogP contribution in [0.5, 0.6) is 11.5 Å². The fraction of sp³-hybridized carbons (Fsp3) is 0.333. The highest BCUT2D eigenvalue weighted by molar-refractivity contribution is 5.72. The maximum absolute atomic E-state index is 9.60. The molecule has 2 aromatic rings. The molecule has 0 amide bonds. The van der Waals surface area contributed by atoms with Gasteiger partial charge in [0.25, 0.3) is 0 Å². The predicted octanol–water partition coefficient (Wildman–Crippen LogP) is 3.79. The number of ether oxygens (including phenoxy) is 2. The minimum atomic E-state index is -0.0253. The number of unbranched alkanes of at least 4 members (excludes halogenated alkanes) is 1. The Morgan fingerprint density at radius 3 is 2.50 bits per heavy atom. The zero-order valence-corrected chi connectivity index (χ0v) is 12.8. The van der Waals surface area contributed by atoms with Crippen molar-refractivity contribution in [2.45, 2.75) is 26.4 Å². The smallest absolute Gasteiger partial charge is 0.231 e. The normalized spacial score (nSPS) is 12.5. The summed E-state index contributed by atoms with van der Waals surface area (Å²) < 4.78 is 10.8. The molecule has 1 aliphatic rings. The van der Waals surface area contributed by atoms with E-state index in [0.717, 1.165) is 34.7 Å². The van der Waals surface area contributed by atoms with Crippen LogP contribution in [0.2, 0.25) is 0 Å². The van der Waals surface area contributed by atoms with Crippen LogP contribution in [-0.4, -0.2) is 18.4 Å². The van der Waals surface area contributed by atoms with E-state index >= 15 is 0 Å². The van der Waals surface area contributed by atoms with Gasteiger partial charge in [0.1, 0.15) is 0 Å². The number of nitrogens with one attached hydrogen (secondary N) is 1. The third-order valence-electron chi connectivity index (χ3n) is 3.82. The van der Waals surface area contributed by atoms with Crippen LogP contribution in [0.4, 0.5) is 5.69 Å². The van der Waals surface area contributed by atoms with Crippen molar-refractivity contribution in [3.8, 4) is 22.6 Å². The topological polar surface area (TPSA) is 50.7 Å². The first-order valence-corrected chi connectivity index (χ1v) is 7.69. The van der Waals surface area contributed by atoms with Crippen molar-refractivity contribution in [3.05, 3.63) is 42.0 Å². The molecule has 1 heterocycles. The first-order valence-electron chi connectivity index (χ1n) is 7.69. The van der Waals surface area contributed by atoms with E-state index in [0.29, 0.717) is 5.75 Å². The zero-order chi connectivity index (χ0) is 15.4. The maximum atomic E-state index is 9.60. The molecule has 0 spiro atoms. The Morgan fingerprint density at radius 1 is 1.09 bits per heavy atom. The van der Waals surface area contributed by atoms with Crippen LogP contribution >= 0.6 is 0 Å². The molecule has 0 fully saturated rings. The summed E-state index contributed by atoms with van der Waals surface area (Å²) in [5.74, 6) is 1.43. The molecule has 1 aliphatic heterocycles. The average molecular weight is 299 g/mol. The molecule has 2 N–H and O–H groups in total. The molecule has 0 unspecified atom stereocenters. The molecule has 4 nitrogen and oxygen atoms in total. The predicted molar refractivity (Wildman–Crippen MR) is 87.3 cm³/mol. The third-order valence-corrected chi connectivity index (χ3v) is 3.82. The van der Waals surface area contributed by atoms with Gasteiger partial charge in [-0.25, -0.2) is 0 Å². The summed E-state index contributed by atoms with van der Waals surface area (Å²) in [7, 11) is 0. The van der Waals surface area contributed by atoms with E-state index in [1.54, 1.807) is 0 Å². The highest BCUT2D eigenvalue weighted by Gasteiger charge is 2.17. The second-order valence-electron chi connectivity index (χ2n) is 5.38. The summed E-state index contributed by atoms with van der Waals surface area (Å²) in [5, 5.41) is 13.0. The molecule has 0 aliphatic carbocycles. The Hall–Kier alpha value is -2.20. The molecule has 0 saturated carbocycles. The molecule has 0 aromatic heterocycles. The van der Waals surface area contributed by atoms with Crippen molar-refractivity contribution in [1.82, 2.24) is 0 Å². The van der Waals surface area contributed by atoms with Crippen LogP contribution in [0, 0.1) is 0 Å². The van der Waals surface area contributed by atoms with E-state index < -0.39 is 0 Å². The van der Waals surface area contributed by atoms with Crippen LogP contribution in [-0.2, 0) is 6.61 Å². The molecule has 22 heavy (non-hydrogen) atoms. The van der Waals surface area contributed by atoms with Gasteiger partial charge in [-0.15, -0.1) is 0 Å². The lowest BCUT2D eigenvalue weighted by molar-refractivity contribution is 0.174. The van der Waals surface area contributed by atoms with E-state index in [2.05, 4.69) is 36.5 Å². The van der Waals surface area contributed by atoms with Gasteiger partial charge >= 0.3 is 0 Å². The molecule has 0 radical (unpaired) electrons. The second-order valence-corrected chi connectivity index (χ2v) is 5.38. The third kappa shape index (κ3) is 3.02. The van der Waals surface area contributed by atoms with Gasteiger partial charge in [-0.2, -0.15) is 0 Å². The van der Waals surface area contributed by atoms with Gasteiger partial charge in [-0.1, -0.05) is 25.5 Å². The summed E-state index contributed by atoms with van der Waals surface area (Å²) in [5.41, 5.74) is 4.00. The first-order chi connectivity index (χ1) is 10.8. The van der Waals surface area contributed by atoms with Gasteiger partial charge < -0.3 is 19.9 Å². The maximum Gasteiger partial charge on any atom is 0.231 e. The number of aliphatic hydroxyl groups is 1. The number of hydrogen-bond acceptors (Lipinski definition) is 4. The fourth-order valence-electron chi connectivity index (χ4n) is 2.56. The molecule has 2 aromatic carbocycles. The molecular formula is C18H21NO3. The minimum Gasteiger partial charge on any atom is -0.454 e. The Bertz CT molecular complexity index is 638. The average Bonchev–Trinajstić information content (AvgIpc) is 3.02. The monoisotopic (exact) mass is 299 g/mol. The quantitative estimate of drug-likeness (QED) is 0.797. The van der Waals surface area contributed by atoms with Gasteiger partial charge in [-0.3, -0.25) is 0 Å². The lowest BCUT2D eigenvalue weighted by atomic mass is 9.99. The van der Waals surface area contributed by atoms with E-state index in [9.17, 15) is 5.11 Å². The Morgan fingerprint density at radius 2 is 1.82 bits per heavy atom. The van der Waals surface area contributed by atoms with Gasteiger partial charge in [0.05, 0.1) is 6.61 Å². The number of fused-ring (bicyclic) bond motifs is 1. The molecule has 4 heteroatoms. The number of hydrogen-bond donors (Lipinski definition) is 2. The van der Waals surface area contributed by atoms with Crippen LogP contribution in [0.1, 0.15) is 25.3 Å². The van der Waals surface area contributed by atoms with Crippen molar-refractivity contribution < 1.29 is 14.6 Å². The van der Waals surface area contributed by atoms with Gasteiger partial charge in [0, 0.05) is 12.2 Å².